The van der Waals surface area contributed by atoms with Gasteiger partial charge in [0, 0.05) is 38.0 Å². The molecule has 0 aliphatic carbocycles. The van der Waals surface area contributed by atoms with Gasteiger partial charge in [0.05, 0.1) is 12.0 Å². The van der Waals surface area contributed by atoms with Crippen molar-refractivity contribution in [1.29, 1.82) is 0 Å². The highest BCUT2D eigenvalue weighted by Gasteiger charge is 2.30. The summed E-state index contributed by atoms with van der Waals surface area (Å²) in [6.07, 6.45) is 4.42. The Morgan fingerprint density at radius 3 is 2.69 bits per heavy atom. The van der Waals surface area contributed by atoms with Gasteiger partial charge < -0.3 is 10.7 Å². The average Bonchev–Trinajstić information content (AvgIpc) is 2.68. The molecule has 1 aliphatic rings. The molecule has 6 heteroatoms. The van der Waals surface area contributed by atoms with Crippen molar-refractivity contribution in [3.63, 3.8) is 0 Å². The fraction of sp³-hybridized carbons (Fsp3) is 0.500. The molecule has 3 N–H and O–H groups in total. The maximum atomic E-state index is 11.6. The van der Waals surface area contributed by atoms with Gasteiger partial charge in [0.15, 0.2) is 0 Å². The second kappa shape index (κ2) is 4.44. The molecule has 0 spiro atoms. The van der Waals surface area contributed by atoms with Gasteiger partial charge in [-0.2, -0.15) is 0 Å². The second-order valence-corrected chi connectivity index (χ2v) is 3.92. The number of likely N-dealkylation sites (tertiary alicyclic amines) is 1. The summed E-state index contributed by atoms with van der Waals surface area (Å²) in [5, 5.41) is 0. The lowest BCUT2D eigenvalue weighted by Crippen LogP contribution is -2.48. The average molecular weight is 222 g/mol. The number of piperidine rings is 1. The highest BCUT2D eigenvalue weighted by Crippen LogP contribution is 2.12. The molecule has 0 bridgehead atoms. The van der Waals surface area contributed by atoms with Crippen molar-refractivity contribution in [2.45, 2.75) is 25.3 Å². The first kappa shape index (κ1) is 10.8. The number of carbonyl (C=O) groups excluding carboxylic acids is 2. The SMILES string of the molecule is NC1CC(=O)N(CCc2c[nH]cn2)C(=O)C1. The third kappa shape index (κ3) is 2.27. The molecular weight excluding hydrogens is 208 g/mol. The fourth-order valence-electron chi connectivity index (χ4n) is 1.78. The summed E-state index contributed by atoms with van der Waals surface area (Å²) in [6, 6.07) is -0.318. The summed E-state index contributed by atoms with van der Waals surface area (Å²) in [7, 11) is 0. The number of hydrogen-bond donors (Lipinski definition) is 2. The number of nitrogens with two attached hydrogens (primary N) is 1. The van der Waals surface area contributed by atoms with Gasteiger partial charge in [0.1, 0.15) is 0 Å². The fourth-order valence-corrected chi connectivity index (χ4v) is 1.78. The Kier molecular flexibility index (Phi) is 3.00. The Morgan fingerprint density at radius 2 is 2.12 bits per heavy atom. The number of H-pyrrole nitrogens is 1. The van der Waals surface area contributed by atoms with Crippen molar-refractivity contribution < 1.29 is 9.59 Å². The van der Waals surface area contributed by atoms with Crippen LogP contribution in [0.1, 0.15) is 18.5 Å². The number of amides is 2. The van der Waals surface area contributed by atoms with Crippen molar-refractivity contribution in [2.24, 2.45) is 5.73 Å². The van der Waals surface area contributed by atoms with Crippen molar-refractivity contribution >= 4 is 11.8 Å². The molecule has 6 nitrogen and oxygen atoms in total. The zero-order valence-electron chi connectivity index (χ0n) is 8.85. The van der Waals surface area contributed by atoms with E-state index in [1.165, 1.54) is 4.90 Å². The van der Waals surface area contributed by atoms with Gasteiger partial charge >= 0.3 is 0 Å². The molecule has 0 saturated carbocycles. The van der Waals surface area contributed by atoms with Gasteiger partial charge in [-0.25, -0.2) is 4.98 Å². The van der Waals surface area contributed by atoms with Gasteiger partial charge in [-0.05, 0) is 0 Å². The first-order chi connectivity index (χ1) is 7.66. The largest absolute Gasteiger partial charge is 0.351 e. The van der Waals surface area contributed by atoms with Crippen LogP contribution >= 0.6 is 0 Å². The van der Waals surface area contributed by atoms with E-state index >= 15 is 0 Å². The van der Waals surface area contributed by atoms with Crippen LogP contribution in [0.2, 0.25) is 0 Å². The Hall–Kier alpha value is -1.69. The van der Waals surface area contributed by atoms with E-state index < -0.39 is 0 Å². The molecule has 0 atom stereocenters. The molecule has 86 valence electrons. The zero-order valence-corrected chi connectivity index (χ0v) is 8.85. The van der Waals surface area contributed by atoms with E-state index in [4.69, 9.17) is 5.73 Å². The molecule has 2 rings (SSSR count). The summed E-state index contributed by atoms with van der Waals surface area (Å²) in [5.74, 6) is -0.362. The monoisotopic (exact) mass is 222 g/mol. The van der Waals surface area contributed by atoms with Crippen LogP contribution in [0.5, 0.6) is 0 Å². The van der Waals surface area contributed by atoms with E-state index in [0.29, 0.717) is 13.0 Å². The van der Waals surface area contributed by atoms with Gasteiger partial charge in [-0.1, -0.05) is 0 Å². The van der Waals surface area contributed by atoms with Gasteiger partial charge in [-0.3, -0.25) is 14.5 Å². The summed E-state index contributed by atoms with van der Waals surface area (Å²) in [4.78, 5) is 31.3. The molecule has 2 heterocycles. The van der Waals surface area contributed by atoms with Crippen LogP contribution in [0, 0.1) is 0 Å². The minimum Gasteiger partial charge on any atom is -0.351 e. The van der Waals surface area contributed by atoms with Gasteiger partial charge in [0.25, 0.3) is 0 Å². The second-order valence-electron chi connectivity index (χ2n) is 3.92. The Bertz CT molecular complexity index is 370. The van der Waals surface area contributed by atoms with E-state index in [9.17, 15) is 9.59 Å². The lowest BCUT2D eigenvalue weighted by Gasteiger charge is -2.27. The number of aromatic nitrogens is 2. The quantitative estimate of drug-likeness (QED) is 0.670. The zero-order chi connectivity index (χ0) is 11.5. The first-order valence-corrected chi connectivity index (χ1v) is 5.23. The van der Waals surface area contributed by atoms with Crippen LogP contribution in [-0.2, 0) is 16.0 Å². The molecule has 0 radical (unpaired) electrons. The molecule has 1 saturated heterocycles. The maximum absolute atomic E-state index is 11.6. The lowest BCUT2D eigenvalue weighted by molar-refractivity contribution is -0.148. The van der Waals surface area contributed by atoms with Crippen molar-refractivity contribution in [3.8, 4) is 0 Å². The van der Waals surface area contributed by atoms with Crippen LogP contribution in [0.25, 0.3) is 0 Å². The predicted octanol–water partition coefficient (Wildman–Crippen LogP) is -0.572. The minimum atomic E-state index is -0.318. The standard InChI is InChI=1S/C10H14N4O2/c11-7-3-9(15)14(10(16)4-7)2-1-8-5-12-6-13-8/h5-7H,1-4,11H2,(H,12,13). The van der Waals surface area contributed by atoms with Crippen LogP contribution in [-0.4, -0.2) is 39.3 Å². The van der Waals surface area contributed by atoms with Crippen molar-refractivity contribution in [3.05, 3.63) is 18.2 Å². The van der Waals surface area contributed by atoms with E-state index in [1.54, 1.807) is 12.5 Å². The lowest BCUT2D eigenvalue weighted by atomic mass is 10.0. The van der Waals surface area contributed by atoms with Crippen molar-refractivity contribution in [1.82, 2.24) is 14.9 Å². The number of nitrogens with zero attached hydrogens (tertiary/aromatic N) is 2. The number of nitrogens with one attached hydrogen (secondary N) is 1. The number of carbonyl (C=O) groups is 2. The van der Waals surface area contributed by atoms with Gasteiger partial charge in [0.2, 0.25) is 11.8 Å². The molecule has 1 aromatic rings. The molecule has 0 unspecified atom stereocenters. The number of imide groups is 1. The smallest absolute Gasteiger partial charge is 0.230 e. The highest BCUT2D eigenvalue weighted by molar-refractivity contribution is 5.98. The molecule has 0 aromatic carbocycles. The molecule has 16 heavy (non-hydrogen) atoms. The number of imidazole rings is 1. The Morgan fingerprint density at radius 1 is 1.44 bits per heavy atom. The van der Waals surface area contributed by atoms with Crippen molar-refractivity contribution in [2.75, 3.05) is 6.54 Å². The van der Waals surface area contributed by atoms with Gasteiger partial charge in [-0.15, -0.1) is 0 Å². The molecule has 2 amide bonds. The summed E-state index contributed by atoms with van der Waals surface area (Å²) in [6.45, 7) is 0.384. The van der Waals surface area contributed by atoms with Crippen LogP contribution < -0.4 is 5.73 Å². The van der Waals surface area contributed by atoms with Crippen LogP contribution in [0.3, 0.4) is 0 Å². The first-order valence-electron chi connectivity index (χ1n) is 5.23. The van der Waals surface area contributed by atoms with E-state index in [1.807, 2.05) is 0 Å². The third-order valence-corrected chi connectivity index (χ3v) is 2.62. The number of rotatable bonds is 3. The topological polar surface area (TPSA) is 92.1 Å². The van der Waals surface area contributed by atoms with E-state index in [2.05, 4.69) is 9.97 Å². The van der Waals surface area contributed by atoms with E-state index in [0.717, 1.165) is 5.69 Å². The van der Waals surface area contributed by atoms with Crippen LogP contribution in [0.15, 0.2) is 12.5 Å². The Labute approximate surface area is 92.8 Å². The molecule has 1 aromatic heterocycles. The third-order valence-electron chi connectivity index (χ3n) is 2.62. The summed E-state index contributed by atoms with van der Waals surface area (Å²) >= 11 is 0. The van der Waals surface area contributed by atoms with E-state index in [-0.39, 0.29) is 30.7 Å². The minimum absolute atomic E-state index is 0.181. The summed E-state index contributed by atoms with van der Waals surface area (Å²) in [5.41, 5.74) is 6.43. The summed E-state index contributed by atoms with van der Waals surface area (Å²) < 4.78 is 0. The number of hydrogen-bond acceptors (Lipinski definition) is 4. The predicted molar refractivity (Wildman–Crippen MR) is 56.2 cm³/mol. The number of aromatic amines is 1. The highest BCUT2D eigenvalue weighted by atomic mass is 16.2. The normalized spacial score (nSPS) is 18.2. The maximum Gasteiger partial charge on any atom is 0.230 e. The molecule has 1 aliphatic heterocycles. The molecule has 1 fully saturated rings. The van der Waals surface area contributed by atoms with Crippen LogP contribution in [0.4, 0.5) is 0 Å². The molecular formula is C10H14N4O2. The Balaban J connectivity index is 1.93.